The first-order chi connectivity index (χ1) is 7.82. The summed E-state index contributed by atoms with van der Waals surface area (Å²) in [5.41, 5.74) is 1.44. The van der Waals surface area contributed by atoms with Crippen LogP contribution in [0.2, 0.25) is 0 Å². The summed E-state index contributed by atoms with van der Waals surface area (Å²) in [4.78, 5) is 21.6. The smallest absolute Gasteiger partial charge is 0.308 e. The monoisotopic (exact) mass is 237 g/mol. The molecule has 0 aliphatic heterocycles. The van der Waals surface area contributed by atoms with E-state index in [0.717, 1.165) is 5.69 Å². The third-order valence-electron chi connectivity index (χ3n) is 2.24. The Balaban J connectivity index is 3.33. The molecule has 0 amide bonds. The average Bonchev–Trinajstić information content (AvgIpc) is 2.19. The summed E-state index contributed by atoms with van der Waals surface area (Å²) in [6.45, 7) is 7.21. The Morgan fingerprint density at radius 3 is 2.29 bits per heavy atom. The molecule has 0 aliphatic carbocycles. The highest BCUT2D eigenvalue weighted by molar-refractivity contribution is 5.70. The zero-order valence-corrected chi connectivity index (χ0v) is 11.2. The molecule has 0 aromatic carbocycles. The molecule has 0 aliphatic rings. The van der Waals surface area contributed by atoms with Gasteiger partial charge in [0.1, 0.15) is 0 Å². The molecule has 17 heavy (non-hydrogen) atoms. The van der Waals surface area contributed by atoms with Crippen LogP contribution in [-0.4, -0.2) is 30.0 Å². The Morgan fingerprint density at radius 2 is 1.88 bits per heavy atom. The number of hydrogen-bond acceptors (Lipinski definition) is 5. The number of aryl methyl sites for hydroxylation is 1. The SMILES string of the molecule is CC(=O)Oc1c(C)nc(N(C)C)nc1C(C)C. The van der Waals surface area contributed by atoms with Gasteiger partial charge in [0.2, 0.25) is 5.95 Å². The lowest BCUT2D eigenvalue weighted by atomic mass is 10.1. The zero-order valence-electron chi connectivity index (χ0n) is 11.2. The lowest BCUT2D eigenvalue weighted by molar-refractivity contribution is -0.132. The van der Waals surface area contributed by atoms with Gasteiger partial charge in [0, 0.05) is 21.0 Å². The largest absolute Gasteiger partial charge is 0.423 e. The van der Waals surface area contributed by atoms with Crippen LogP contribution in [0.3, 0.4) is 0 Å². The van der Waals surface area contributed by atoms with Crippen molar-refractivity contribution in [2.45, 2.75) is 33.6 Å². The van der Waals surface area contributed by atoms with E-state index >= 15 is 0 Å². The molecule has 0 bridgehead atoms. The lowest BCUT2D eigenvalue weighted by Crippen LogP contribution is -2.17. The van der Waals surface area contributed by atoms with Crippen LogP contribution < -0.4 is 9.64 Å². The van der Waals surface area contributed by atoms with Gasteiger partial charge < -0.3 is 9.64 Å². The highest BCUT2D eigenvalue weighted by Crippen LogP contribution is 2.28. The van der Waals surface area contributed by atoms with Gasteiger partial charge in [-0.3, -0.25) is 4.79 Å². The molecule has 0 saturated heterocycles. The Bertz CT molecular complexity index is 428. The van der Waals surface area contributed by atoms with Crippen LogP contribution in [0.1, 0.15) is 38.1 Å². The molecule has 1 aromatic heterocycles. The van der Waals surface area contributed by atoms with Crippen LogP contribution >= 0.6 is 0 Å². The molecule has 0 unspecified atom stereocenters. The van der Waals surface area contributed by atoms with Crippen molar-refractivity contribution in [1.29, 1.82) is 0 Å². The van der Waals surface area contributed by atoms with Crippen molar-refractivity contribution in [3.63, 3.8) is 0 Å². The van der Waals surface area contributed by atoms with Gasteiger partial charge in [0.05, 0.1) is 11.4 Å². The Labute approximate surface area is 102 Å². The van der Waals surface area contributed by atoms with Crippen LogP contribution in [0.15, 0.2) is 0 Å². The highest BCUT2D eigenvalue weighted by Gasteiger charge is 2.18. The summed E-state index contributed by atoms with van der Waals surface area (Å²) in [6.07, 6.45) is 0. The second kappa shape index (κ2) is 5.12. The van der Waals surface area contributed by atoms with E-state index in [1.165, 1.54) is 6.92 Å². The maximum absolute atomic E-state index is 11.1. The molecule has 5 heteroatoms. The molecule has 1 aromatic rings. The first kappa shape index (κ1) is 13.4. The fourth-order valence-electron chi connectivity index (χ4n) is 1.43. The predicted molar refractivity (Wildman–Crippen MR) is 66.5 cm³/mol. The van der Waals surface area contributed by atoms with Gasteiger partial charge >= 0.3 is 5.97 Å². The number of ether oxygens (including phenoxy) is 1. The third kappa shape index (κ3) is 3.15. The van der Waals surface area contributed by atoms with Crippen LogP contribution in [-0.2, 0) is 4.79 Å². The van der Waals surface area contributed by atoms with E-state index in [9.17, 15) is 4.79 Å². The van der Waals surface area contributed by atoms with Crippen molar-refractivity contribution in [2.24, 2.45) is 0 Å². The van der Waals surface area contributed by atoms with Gasteiger partial charge in [-0.1, -0.05) is 13.8 Å². The summed E-state index contributed by atoms with van der Waals surface area (Å²) < 4.78 is 5.19. The van der Waals surface area contributed by atoms with Crippen LogP contribution in [0.5, 0.6) is 5.75 Å². The summed E-state index contributed by atoms with van der Waals surface area (Å²) in [5.74, 6) is 0.932. The quantitative estimate of drug-likeness (QED) is 0.751. The first-order valence-electron chi connectivity index (χ1n) is 5.57. The maximum Gasteiger partial charge on any atom is 0.308 e. The molecule has 0 spiro atoms. The molecule has 0 radical (unpaired) electrons. The first-order valence-corrected chi connectivity index (χ1v) is 5.57. The predicted octanol–water partition coefficient (Wildman–Crippen LogP) is 1.90. The standard InChI is InChI=1S/C12H19N3O2/c1-7(2)10-11(17-9(4)16)8(3)13-12(14-10)15(5)6/h7H,1-6H3. The number of carbonyl (C=O) groups is 1. The lowest BCUT2D eigenvalue weighted by Gasteiger charge is -2.17. The number of esters is 1. The van der Waals surface area contributed by atoms with E-state index in [2.05, 4.69) is 9.97 Å². The van der Waals surface area contributed by atoms with Gasteiger partial charge in [-0.2, -0.15) is 0 Å². The number of anilines is 1. The summed E-state index contributed by atoms with van der Waals surface area (Å²) >= 11 is 0. The van der Waals surface area contributed by atoms with E-state index in [-0.39, 0.29) is 11.9 Å². The van der Waals surface area contributed by atoms with Gasteiger partial charge in [-0.15, -0.1) is 0 Å². The normalized spacial score (nSPS) is 10.5. The Kier molecular flexibility index (Phi) is 4.04. The molecule has 0 fully saturated rings. The van der Waals surface area contributed by atoms with E-state index in [4.69, 9.17) is 4.74 Å². The molecule has 0 atom stereocenters. The summed E-state index contributed by atoms with van der Waals surface area (Å²) in [6, 6.07) is 0. The fourth-order valence-corrected chi connectivity index (χ4v) is 1.43. The fraction of sp³-hybridized carbons (Fsp3) is 0.583. The molecular weight excluding hydrogens is 218 g/mol. The number of aromatic nitrogens is 2. The van der Waals surface area contributed by atoms with Crippen LogP contribution in [0.25, 0.3) is 0 Å². The molecule has 0 saturated carbocycles. The van der Waals surface area contributed by atoms with Crippen LogP contribution in [0, 0.1) is 6.92 Å². The van der Waals surface area contributed by atoms with Crippen molar-refractivity contribution in [3.8, 4) is 5.75 Å². The number of rotatable bonds is 3. The minimum atomic E-state index is -0.351. The number of hydrogen-bond donors (Lipinski definition) is 0. The van der Waals surface area contributed by atoms with Gasteiger partial charge in [-0.05, 0) is 12.8 Å². The molecule has 1 heterocycles. The van der Waals surface area contributed by atoms with E-state index in [0.29, 0.717) is 17.4 Å². The van der Waals surface area contributed by atoms with E-state index in [1.54, 1.807) is 0 Å². The Morgan fingerprint density at radius 1 is 1.29 bits per heavy atom. The van der Waals surface area contributed by atoms with Gasteiger partial charge in [0.25, 0.3) is 0 Å². The summed E-state index contributed by atoms with van der Waals surface area (Å²) in [7, 11) is 3.76. The second-order valence-electron chi connectivity index (χ2n) is 4.47. The minimum absolute atomic E-state index is 0.171. The topological polar surface area (TPSA) is 55.3 Å². The minimum Gasteiger partial charge on any atom is -0.423 e. The van der Waals surface area contributed by atoms with Crippen molar-refractivity contribution in [2.75, 3.05) is 19.0 Å². The van der Waals surface area contributed by atoms with E-state index in [1.807, 2.05) is 39.8 Å². The average molecular weight is 237 g/mol. The highest BCUT2D eigenvalue weighted by atomic mass is 16.5. The van der Waals surface area contributed by atoms with E-state index < -0.39 is 0 Å². The molecular formula is C12H19N3O2. The molecule has 94 valence electrons. The zero-order chi connectivity index (χ0) is 13.2. The summed E-state index contributed by atoms with van der Waals surface area (Å²) in [5, 5.41) is 0. The Hall–Kier alpha value is -1.65. The van der Waals surface area contributed by atoms with Gasteiger partial charge in [0.15, 0.2) is 5.75 Å². The van der Waals surface area contributed by atoms with Crippen molar-refractivity contribution >= 4 is 11.9 Å². The third-order valence-corrected chi connectivity index (χ3v) is 2.24. The number of carbonyl (C=O) groups excluding carboxylic acids is 1. The van der Waals surface area contributed by atoms with Gasteiger partial charge in [-0.25, -0.2) is 9.97 Å². The second-order valence-corrected chi connectivity index (χ2v) is 4.47. The van der Waals surface area contributed by atoms with Crippen LogP contribution in [0.4, 0.5) is 5.95 Å². The van der Waals surface area contributed by atoms with Crippen molar-refractivity contribution in [1.82, 2.24) is 9.97 Å². The molecule has 5 nitrogen and oxygen atoms in total. The molecule has 0 N–H and O–H groups in total. The number of nitrogens with zero attached hydrogens (tertiary/aromatic N) is 3. The van der Waals surface area contributed by atoms with Crippen molar-refractivity contribution < 1.29 is 9.53 Å². The van der Waals surface area contributed by atoms with Crippen molar-refractivity contribution in [3.05, 3.63) is 11.4 Å². The maximum atomic E-state index is 11.1. The molecule has 1 rings (SSSR count).